The first-order valence-electron chi connectivity index (χ1n) is 6.71. The summed E-state index contributed by atoms with van der Waals surface area (Å²) < 4.78 is 68.6. The Kier molecular flexibility index (Phi) is 6.72. The fourth-order valence-electron chi connectivity index (χ4n) is 1.85. The summed E-state index contributed by atoms with van der Waals surface area (Å²) in [6, 6.07) is -0.346. The molecule has 0 amide bonds. The number of halogens is 3. The monoisotopic (exact) mass is 352 g/mol. The van der Waals surface area contributed by atoms with E-state index >= 15 is 0 Å². The highest BCUT2D eigenvalue weighted by molar-refractivity contribution is 7.77. The fourth-order valence-corrected chi connectivity index (χ4v) is 2.33. The first-order chi connectivity index (χ1) is 10.5. The Labute approximate surface area is 134 Å². The van der Waals surface area contributed by atoms with E-state index in [9.17, 15) is 26.7 Å². The number of nitrogens with one attached hydrogen (secondary N) is 1. The van der Waals surface area contributed by atoms with Gasteiger partial charge in [-0.15, -0.1) is 0 Å². The highest BCUT2D eigenvalue weighted by Gasteiger charge is 2.22. The molecule has 0 bridgehead atoms. The first kappa shape index (κ1) is 19.6. The smallest absolute Gasteiger partial charge is 0.306 e. The average Bonchev–Trinajstić information content (AvgIpc) is 2.36. The molecule has 0 aromatic heterocycles. The molecule has 0 aliphatic carbocycles. The lowest BCUT2D eigenvalue weighted by Crippen LogP contribution is -2.27. The van der Waals surface area contributed by atoms with Gasteiger partial charge in [0.05, 0.1) is 0 Å². The second-order valence-corrected chi connectivity index (χ2v) is 6.52. The van der Waals surface area contributed by atoms with Crippen LogP contribution in [-0.2, 0) is 20.8 Å². The van der Waals surface area contributed by atoms with E-state index in [1.807, 2.05) is 4.72 Å². The molecule has 0 fully saturated rings. The van der Waals surface area contributed by atoms with Crippen LogP contribution in [0.15, 0.2) is 12.1 Å². The molecule has 0 saturated heterocycles. The summed E-state index contributed by atoms with van der Waals surface area (Å²) in [5.74, 6) is -4.44. The van der Waals surface area contributed by atoms with Crippen LogP contribution in [0.4, 0.5) is 13.2 Å². The molecule has 0 heterocycles. The standard InChI is InChI=1S/C14H18F3NO4S/c1-14(2,3)22-13(19)5-4-12(18-23(20)21)8-6-10(16)11(17)7-9(8)15/h6-7,12,18H,4-5H2,1-3H3,(H,20,21)/p-1/t12-/m1/s1. The normalized spacial score (nSPS) is 14.4. The van der Waals surface area contributed by atoms with Gasteiger partial charge in [0.2, 0.25) is 0 Å². The van der Waals surface area contributed by atoms with Gasteiger partial charge in [0, 0.05) is 35.4 Å². The predicted molar refractivity (Wildman–Crippen MR) is 76.2 cm³/mol. The first-order valence-corrected chi connectivity index (χ1v) is 7.79. The van der Waals surface area contributed by atoms with Crippen molar-refractivity contribution in [2.24, 2.45) is 0 Å². The molecule has 1 rings (SSSR count). The lowest BCUT2D eigenvalue weighted by atomic mass is 10.0. The Morgan fingerprint density at radius 2 is 1.83 bits per heavy atom. The summed E-state index contributed by atoms with van der Waals surface area (Å²) in [7, 11) is 0. The van der Waals surface area contributed by atoms with Gasteiger partial charge in [-0.3, -0.25) is 9.00 Å². The van der Waals surface area contributed by atoms with Crippen molar-refractivity contribution in [1.82, 2.24) is 4.72 Å². The van der Waals surface area contributed by atoms with Gasteiger partial charge in [0.1, 0.15) is 11.4 Å². The molecular weight excluding hydrogens is 335 g/mol. The second-order valence-electron chi connectivity index (χ2n) is 5.82. The molecule has 1 aromatic rings. The number of rotatable bonds is 6. The maximum atomic E-state index is 13.8. The highest BCUT2D eigenvalue weighted by atomic mass is 32.2. The molecule has 1 aromatic carbocycles. The number of carbonyl (C=O) groups excluding carboxylic acids is 1. The van der Waals surface area contributed by atoms with E-state index in [1.54, 1.807) is 20.8 Å². The van der Waals surface area contributed by atoms with Crippen LogP contribution in [0.2, 0.25) is 0 Å². The molecule has 0 saturated carbocycles. The largest absolute Gasteiger partial charge is 0.760 e. The molecule has 1 N–H and O–H groups in total. The van der Waals surface area contributed by atoms with Crippen LogP contribution in [0.25, 0.3) is 0 Å². The minimum atomic E-state index is -2.79. The molecule has 0 radical (unpaired) electrons. The number of hydrogen-bond acceptors (Lipinski definition) is 4. The van der Waals surface area contributed by atoms with Gasteiger partial charge >= 0.3 is 5.97 Å². The molecular formula is C14H17F3NO4S-. The Morgan fingerprint density at radius 3 is 2.35 bits per heavy atom. The molecule has 2 atom stereocenters. The van der Waals surface area contributed by atoms with E-state index in [1.165, 1.54) is 0 Å². The van der Waals surface area contributed by atoms with Crippen molar-refractivity contribution < 1.29 is 31.5 Å². The van der Waals surface area contributed by atoms with Crippen molar-refractivity contribution in [3.63, 3.8) is 0 Å². The number of ether oxygens (including phenoxy) is 1. The Hall–Kier alpha value is -1.45. The van der Waals surface area contributed by atoms with Crippen molar-refractivity contribution in [3.05, 3.63) is 35.1 Å². The van der Waals surface area contributed by atoms with Crippen molar-refractivity contribution in [1.29, 1.82) is 0 Å². The molecule has 0 aliphatic rings. The summed E-state index contributed by atoms with van der Waals surface area (Å²) in [4.78, 5) is 11.7. The number of esters is 1. The summed E-state index contributed by atoms with van der Waals surface area (Å²) in [6.07, 6.45) is -0.407. The summed E-state index contributed by atoms with van der Waals surface area (Å²) in [5.41, 5.74) is -1.12. The van der Waals surface area contributed by atoms with Gasteiger partial charge in [-0.05, 0) is 33.3 Å². The fraction of sp³-hybridized carbons (Fsp3) is 0.500. The Bertz CT molecular complexity index is 604. The minimum absolute atomic E-state index is 0.176. The summed E-state index contributed by atoms with van der Waals surface area (Å²) in [6.45, 7) is 4.97. The van der Waals surface area contributed by atoms with E-state index in [0.29, 0.717) is 12.1 Å². The van der Waals surface area contributed by atoms with E-state index < -0.39 is 51.9 Å². The summed E-state index contributed by atoms with van der Waals surface area (Å²) in [5, 5.41) is 0. The minimum Gasteiger partial charge on any atom is -0.760 e. The van der Waals surface area contributed by atoms with Crippen LogP contribution < -0.4 is 4.72 Å². The topological polar surface area (TPSA) is 78.5 Å². The van der Waals surface area contributed by atoms with Gasteiger partial charge in [-0.2, -0.15) is 0 Å². The maximum Gasteiger partial charge on any atom is 0.306 e. The van der Waals surface area contributed by atoms with Crippen LogP contribution in [-0.4, -0.2) is 20.3 Å². The molecule has 130 valence electrons. The number of benzene rings is 1. The molecule has 1 unspecified atom stereocenters. The van der Waals surface area contributed by atoms with Crippen molar-refractivity contribution in [3.8, 4) is 0 Å². The van der Waals surface area contributed by atoms with Crippen LogP contribution in [0.1, 0.15) is 45.2 Å². The Balaban J connectivity index is 2.91. The molecule has 9 heteroatoms. The van der Waals surface area contributed by atoms with E-state index in [-0.39, 0.29) is 12.8 Å². The van der Waals surface area contributed by atoms with E-state index in [0.717, 1.165) is 0 Å². The molecule has 0 spiro atoms. The zero-order valence-corrected chi connectivity index (χ0v) is 13.6. The van der Waals surface area contributed by atoms with Crippen LogP contribution in [0, 0.1) is 17.5 Å². The van der Waals surface area contributed by atoms with Gasteiger partial charge in [-0.25, -0.2) is 17.9 Å². The predicted octanol–water partition coefficient (Wildman–Crippen LogP) is 2.65. The SMILES string of the molecule is CC(C)(C)OC(=O)CC[C@@H](NS(=O)[O-])c1cc(F)c(F)cc1F. The Morgan fingerprint density at radius 1 is 1.26 bits per heavy atom. The summed E-state index contributed by atoms with van der Waals surface area (Å²) >= 11 is -2.79. The van der Waals surface area contributed by atoms with E-state index in [4.69, 9.17) is 4.74 Å². The second kappa shape index (κ2) is 7.89. The van der Waals surface area contributed by atoms with Gasteiger partial charge in [-0.1, -0.05) is 0 Å². The quantitative estimate of drug-likeness (QED) is 0.485. The van der Waals surface area contributed by atoms with E-state index in [2.05, 4.69) is 0 Å². The third-order valence-corrected chi connectivity index (χ3v) is 3.19. The zero-order chi connectivity index (χ0) is 17.8. The van der Waals surface area contributed by atoms with Crippen LogP contribution >= 0.6 is 0 Å². The zero-order valence-electron chi connectivity index (χ0n) is 12.8. The molecule has 23 heavy (non-hydrogen) atoms. The highest BCUT2D eigenvalue weighted by Crippen LogP contribution is 2.25. The van der Waals surface area contributed by atoms with Crippen LogP contribution in [0.3, 0.4) is 0 Å². The maximum absolute atomic E-state index is 13.8. The lowest BCUT2D eigenvalue weighted by Gasteiger charge is -2.23. The van der Waals surface area contributed by atoms with Crippen LogP contribution in [0.5, 0.6) is 0 Å². The third-order valence-electron chi connectivity index (χ3n) is 2.71. The van der Waals surface area contributed by atoms with Gasteiger partial charge in [0.15, 0.2) is 11.6 Å². The molecule has 5 nitrogen and oxygen atoms in total. The molecule has 0 aliphatic heterocycles. The van der Waals surface area contributed by atoms with Crippen molar-refractivity contribution in [2.75, 3.05) is 0 Å². The number of carbonyl (C=O) groups is 1. The van der Waals surface area contributed by atoms with Crippen molar-refractivity contribution in [2.45, 2.75) is 45.3 Å². The average molecular weight is 352 g/mol. The third kappa shape index (κ3) is 6.67. The van der Waals surface area contributed by atoms with Crippen molar-refractivity contribution >= 4 is 17.2 Å². The van der Waals surface area contributed by atoms with Gasteiger partial charge in [0.25, 0.3) is 0 Å². The van der Waals surface area contributed by atoms with Gasteiger partial charge < -0.3 is 9.29 Å². The number of hydrogen-bond donors (Lipinski definition) is 1. The lowest BCUT2D eigenvalue weighted by molar-refractivity contribution is -0.155.